The molecule has 0 saturated carbocycles. The van der Waals surface area contributed by atoms with Gasteiger partial charge in [0.25, 0.3) is 5.91 Å². The molecule has 0 fully saturated rings. The average molecular weight is 474 g/mol. The van der Waals surface area contributed by atoms with Crippen LogP contribution in [0.5, 0.6) is 5.75 Å². The van der Waals surface area contributed by atoms with Crippen molar-refractivity contribution >= 4 is 16.9 Å². The smallest absolute Gasteiger partial charge is 0.251 e. The number of benzene rings is 3. The van der Waals surface area contributed by atoms with Gasteiger partial charge in [-0.1, -0.05) is 24.6 Å². The molecule has 0 radical (unpaired) electrons. The third-order valence-corrected chi connectivity index (χ3v) is 6.26. The molecular formula is C29H32FN3O2. The third kappa shape index (κ3) is 6.47. The van der Waals surface area contributed by atoms with Gasteiger partial charge in [0.15, 0.2) is 0 Å². The normalized spacial score (nSPS) is 11.1. The minimum Gasteiger partial charge on any atom is -0.492 e. The van der Waals surface area contributed by atoms with Crippen LogP contribution in [0.2, 0.25) is 0 Å². The van der Waals surface area contributed by atoms with Crippen LogP contribution in [0.1, 0.15) is 46.6 Å². The molecule has 3 aromatic carbocycles. The third-order valence-electron chi connectivity index (χ3n) is 6.26. The molecule has 1 amide bonds. The van der Waals surface area contributed by atoms with Crippen LogP contribution in [0, 0.1) is 19.7 Å². The van der Waals surface area contributed by atoms with Crippen molar-refractivity contribution in [1.29, 1.82) is 0 Å². The van der Waals surface area contributed by atoms with E-state index in [-0.39, 0.29) is 11.7 Å². The van der Waals surface area contributed by atoms with Crippen molar-refractivity contribution < 1.29 is 13.9 Å². The van der Waals surface area contributed by atoms with Crippen LogP contribution in [-0.2, 0) is 13.0 Å². The van der Waals surface area contributed by atoms with E-state index in [4.69, 9.17) is 9.72 Å². The summed E-state index contributed by atoms with van der Waals surface area (Å²) in [5.41, 5.74) is 5.08. The summed E-state index contributed by atoms with van der Waals surface area (Å²) in [6.07, 6.45) is 3.70. The number of carbonyl (C=O) groups excluding carboxylic acids is 1. The molecule has 4 aromatic rings. The molecule has 0 atom stereocenters. The Hall–Kier alpha value is -3.67. The van der Waals surface area contributed by atoms with Crippen LogP contribution < -0.4 is 10.1 Å². The molecule has 0 aliphatic carbocycles. The van der Waals surface area contributed by atoms with E-state index in [9.17, 15) is 9.18 Å². The number of aryl methyl sites for hydroxylation is 3. The lowest BCUT2D eigenvalue weighted by atomic mass is 10.1. The molecule has 0 bridgehead atoms. The van der Waals surface area contributed by atoms with E-state index in [1.807, 2.05) is 24.3 Å². The van der Waals surface area contributed by atoms with Crippen LogP contribution in [0.25, 0.3) is 11.0 Å². The first-order chi connectivity index (χ1) is 17.0. The number of para-hydroxylation sites is 2. The molecule has 1 N–H and O–H groups in total. The maximum absolute atomic E-state index is 13.0. The highest BCUT2D eigenvalue weighted by atomic mass is 19.1. The topological polar surface area (TPSA) is 56.1 Å². The Morgan fingerprint density at radius 3 is 2.57 bits per heavy atom. The van der Waals surface area contributed by atoms with Crippen molar-refractivity contribution in [2.45, 2.75) is 46.1 Å². The number of aromatic nitrogens is 2. The largest absolute Gasteiger partial charge is 0.492 e. The summed E-state index contributed by atoms with van der Waals surface area (Å²) in [6.45, 7) is 6.10. The summed E-state index contributed by atoms with van der Waals surface area (Å²) < 4.78 is 21.3. The van der Waals surface area contributed by atoms with Gasteiger partial charge in [-0.25, -0.2) is 9.37 Å². The van der Waals surface area contributed by atoms with Gasteiger partial charge in [-0.05, 0) is 86.3 Å². The maximum atomic E-state index is 13.0. The van der Waals surface area contributed by atoms with Crippen molar-refractivity contribution in [3.05, 3.63) is 95.1 Å². The van der Waals surface area contributed by atoms with Gasteiger partial charge < -0.3 is 14.6 Å². The number of imidazole rings is 1. The quantitative estimate of drug-likeness (QED) is 0.271. The fourth-order valence-corrected chi connectivity index (χ4v) is 4.11. The molecule has 1 heterocycles. The van der Waals surface area contributed by atoms with E-state index >= 15 is 0 Å². The number of ether oxygens (including phenoxy) is 1. The number of halogens is 1. The highest BCUT2D eigenvalue weighted by molar-refractivity contribution is 5.94. The van der Waals surface area contributed by atoms with Crippen molar-refractivity contribution in [1.82, 2.24) is 14.9 Å². The summed E-state index contributed by atoms with van der Waals surface area (Å²) in [6, 6.07) is 20.0. The Labute approximate surface area is 206 Å². The van der Waals surface area contributed by atoms with E-state index in [0.717, 1.165) is 54.8 Å². The Morgan fingerprint density at radius 1 is 0.971 bits per heavy atom. The fraction of sp³-hybridized carbons (Fsp3) is 0.310. The molecule has 1 aromatic heterocycles. The number of unbranched alkanes of at least 4 members (excludes halogenated alkanes) is 2. The predicted octanol–water partition coefficient (Wildman–Crippen LogP) is 6.01. The number of fused-ring (bicyclic) bond motifs is 1. The van der Waals surface area contributed by atoms with E-state index in [1.54, 1.807) is 0 Å². The molecular weight excluding hydrogens is 441 g/mol. The Balaban J connectivity index is 1.27. The highest BCUT2D eigenvalue weighted by Crippen LogP contribution is 2.20. The lowest BCUT2D eigenvalue weighted by molar-refractivity contribution is 0.0953. The van der Waals surface area contributed by atoms with Gasteiger partial charge in [0, 0.05) is 18.5 Å². The van der Waals surface area contributed by atoms with Gasteiger partial charge >= 0.3 is 0 Å². The first kappa shape index (κ1) is 24.5. The van der Waals surface area contributed by atoms with Crippen LogP contribution in [0.4, 0.5) is 4.39 Å². The van der Waals surface area contributed by atoms with E-state index in [0.29, 0.717) is 18.7 Å². The summed E-state index contributed by atoms with van der Waals surface area (Å²) in [7, 11) is 0. The van der Waals surface area contributed by atoms with E-state index < -0.39 is 0 Å². The SMILES string of the molecule is Cc1ccc(OCCn2c(CCCCCNC(=O)c3ccc(F)cc3)nc3ccccc32)cc1C. The van der Waals surface area contributed by atoms with Crippen molar-refractivity contribution in [3.8, 4) is 5.75 Å². The zero-order chi connectivity index (χ0) is 24.6. The number of carbonyl (C=O) groups is 1. The monoisotopic (exact) mass is 473 g/mol. The van der Waals surface area contributed by atoms with Gasteiger partial charge in [-0.3, -0.25) is 4.79 Å². The van der Waals surface area contributed by atoms with E-state index in [1.165, 1.54) is 35.4 Å². The van der Waals surface area contributed by atoms with Crippen LogP contribution >= 0.6 is 0 Å². The van der Waals surface area contributed by atoms with Crippen molar-refractivity contribution in [2.24, 2.45) is 0 Å². The Kier molecular flexibility index (Phi) is 8.14. The lowest BCUT2D eigenvalue weighted by Crippen LogP contribution is -2.24. The van der Waals surface area contributed by atoms with Crippen LogP contribution in [-0.4, -0.2) is 28.6 Å². The van der Waals surface area contributed by atoms with E-state index in [2.05, 4.69) is 41.9 Å². The minimum atomic E-state index is -0.343. The molecule has 0 saturated heterocycles. The lowest BCUT2D eigenvalue weighted by Gasteiger charge is -2.12. The van der Waals surface area contributed by atoms with Crippen LogP contribution in [0.3, 0.4) is 0 Å². The molecule has 4 rings (SSSR count). The fourth-order valence-electron chi connectivity index (χ4n) is 4.11. The Morgan fingerprint density at radius 2 is 1.77 bits per heavy atom. The molecule has 182 valence electrons. The number of nitrogens with one attached hydrogen (secondary N) is 1. The van der Waals surface area contributed by atoms with Gasteiger partial charge in [-0.2, -0.15) is 0 Å². The number of nitrogens with zero attached hydrogens (tertiary/aromatic N) is 2. The van der Waals surface area contributed by atoms with Gasteiger partial charge in [0.2, 0.25) is 0 Å². The van der Waals surface area contributed by atoms with Crippen molar-refractivity contribution in [3.63, 3.8) is 0 Å². The first-order valence-electron chi connectivity index (χ1n) is 12.2. The molecule has 6 heteroatoms. The standard InChI is InChI=1S/C29H32FN3O2/c1-21-11-16-25(20-22(21)2)35-19-18-33-27-9-6-5-8-26(27)32-28(33)10-4-3-7-17-31-29(34)23-12-14-24(30)15-13-23/h5-6,8-9,11-16,20H,3-4,7,10,17-19H2,1-2H3,(H,31,34). The number of amides is 1. The highest BCUT2D eigenvalue weighted by Gasteiger charge is 2.11. The Bertz CT molecular complexity index is 1280. The first-order valence-corrected chi connectivity index (χ1v) is 12.2. The molecule has 0 spiro atoms. The van der Waals surface area contributed by atoms with Gasteiger partial charge in [0.1, 0.15) is 24.0 Å². The second kappa shape index (κ2) is 11.6. The van der Waals surface area contributed by atoms with Crippen molar-refractivity contribution in [2.75, 3.05) is 13.2 Å². The summed E-state index contributed by atoms with van der Waals surface area (Å²) in [5.74, 6) is 1.44. The van der Waals surface area contributed by atoms with Gasteiger partial charge in [0.05, 0.1) is 17.6 Å². The van der Waals surface area contributed by atoms with Gasteiger partial charge in [-0.15, -0.1) is 0 Å². The predicted molar refractivity (Wildman–Crippen MR) is 137 cm³/mol. The molecule has 5 nitrogen and oxygen atoms in total. The van der Waals surface area contributed by atoms with Crippen LogP contribution in [0.15, 0.2) is 66.7 Å². The number of hydrogen-bond acceptors (Lipinski definition) is 3. The maximum Gasteiger partial charge on any atom is 0.251 e. The second-order valence-corrected chi connectivity index (χ2v) is 8.84. The summed E-state index contributed by atoms with van der Waals surface area (Å²) in [4.78, 5) is 17.0. The second-order valence-electron chi connectivity index (χ2n) is 8.84. The zero-order valence-corrected chi connectivity index (χ0v) is 20.4. The average Bonchev–Trinajstić information content (AvgIpc) is 3.21. The zero-order valence-electron chi connectivity index (χ0n) is 20.4. The molecule has 0 aliphatic rings. The molecule has 0 unspecified atom stereocenters. The number of hydrogen-bond donors (Lipinski definition) is 1. The number of rotatable bonds is 11. The molecule has 35 heavy (non-hydrogen) atoms. The molecule has 0 aliphatic heterocycles. The minimum absolute atomic E-state index is 0.171. The summed E-state index contributed by atoms with van der Waals surface area (Å²) in [5, 5.41) is 2.90. The summed E-state index contributed by atoms with van der Waals surface area (Å²) >= 11 is 0.